The highest BCUT2D eigenvalue weighted by molar-refractivity contribution is 6.10. The fourth-order valence-corrected chi connectivity index (χ4v) is 3.23. The fourth-order valence-electron chi connectivity index (χ4n) is 3.23. The minimum Gasteiger partial charge on any atom is -0.381 e. The highest BCUT2D eigenvalue weighted by Gasteiger charge is 2.29. The van der Waals surface area contributed by atoms with E-state index in [0.717, 1.165) is 30.7 Å². The Hall–Kier alpha value is -3.75. The number of aliphatic imine (C=N–C) groups is 1. The molecule has 1 fully saturated rings. The summed E-state index contributed by atoms with van der Waals surface area (Å²) >= 11 is 0. The first-order valence-electron chi connectivity index (χ1n) is 9.72. The lowest BCUT2D eigenvalue weighted by atomic mass is 9.87. The normalized spacial score (nSPS) is 18.2. The number of carbonyl (C=O) groups is 1. The van der Waals surface area contributed by atoms with E-state index in [1.807, 2.05) is 18.5 Å². The molecule has 31 heavy (non-hydrogen) atoms. The number of benzene rings is 2. The zero-order valence-corrected chi connectivity index (χ0v) is 16.3. The third-order valence-corrected chi connectivity index (χ3v) is 4.91. The molecule has 160 valence electrons. The van der Waals surface area contributed by atoms with Crippen LogP contribution in [0.4, 0.5) is 24.5 Å². The molecule has 1 saturated carbocycles. The molecule has 0 radical (unpaired) electrons. The topological polar surface area (TPSA) is 81.3 Å². The van der Waals surface area contributed by atoms with Gasteiger partial charge in [0.25, 0.3) is 5.91 Å². The number of aromatic nitrogens is 1. The van der Waals surface area contributed by atoms with Gasteiger partial charge in [-0.1, -0.05) is 0 Å². The number of aromatic amines is 1. The molecule has 0 spiro atoms. The minimum absolute atomic E-state index is 0.0480. The van der Waals surface area contributed by atoms with Crippen LogP contribution in [0.3, 0.4) is 0 Å². The van der Waals surface area contributed by atoms with Crippen LogP contribution in [0.1, 0.15) is 23.2 Å². The summed E-state index contributed by atoms with van der Waals surface area (Å²) < 4.78 is 39.8. The molecule has 1 aromatic heterocycles. The van der Waals surface area contributed by atoms with E-state index >= 15 is 0 Å². The molecule has 1 aliphatic carbocycles. The maximum atomic E-state index is 13.5. The van der Waals surface area contributed by atoms with E-state index < -0.39 is 23.4 Å². The van der Waals surface area contributed by atoms with Crippen molar-refractivity contribution in [2.75, 3.05) is 10.6 Å². The predicted molar refractivity (Wildman–Crippen MR) is 113 cm³/mol. The van der Waals surface area contributed by atoms with Crippen LogP contribution in [-0.4, -0.2) is 28.9 Å². The number of halogens is 3. The van der Waals surface area contributed by atoms with Gasteiger partial charge >= 0.3 is 0 Å². The maximum Gasteiger partial charge on any atom is 0.258 e. The number of nitrogens with zero attached hydrogens (tertiary/aromatic N) is 1. The smallest absolute Gasteiger partial charge is 0.258 e. The standard InChI is InChI=1S/C22H20F3N5O/c23-14-2-4-15(5-3-14)28-22(30-21(31)13-1-6-19(24)20(25)9-13)29-18-10-17(11-18)27-16-7-8-26-12-16/h1-9,12,17-18,26-27H,10-11H2,(H2,28,29,30,31). The number of hydrogen-bond acceptors (Lipinski definition) is 3. The molecular weight excluding hydrogens is 407 g/mol. The first kappa shape index (κ1) is 20.5. The van der Waals surface area contributed by atoms with Gasteiger partial charge in [0.05, 0.1) is 11.7 Å². The number of anilines is 2. The Bertz CT molecular complexity index is 1080. The van der Waals surface area contributed by atoms with E-state index in [-0.39, 0.29) is 23.6 Å². The molecule has 1 heterocycles. The van der Waals surface area contributed by atoms with Crippen molar-refractivity contribution in [1.82, 2.24) is 10.3 Å². The van der Waals surface area contributed by atoms with Crippen molar-refractivity contribution in [2.45, 2.75) is 24.9 Å². The van der Waals surface area contributed by atoms with Gasteiger partial charge in [-0.3, -0.25) is 10.1 Å². The quantitative estimate of drug-likeness (QED) is 0.363. The van der Waals surface area contributed by atoms with Crippen LogP contribution < -0.4 is 16.0 Å². The molecule has 9 heteroatoms. The number of carbonyl (C=O) groups excluding carboxylic acids is 1. The summed E-state index contributed by atoms with van der Waals surface area (Å²) in [4.78, 5) is 20.1. The SMILES string of the molecule is O=C(NC(=NC1CC(Nc2cc[nH]c2)C1)Nc1ccc(F)cc1)c1ccc(F)c(F)c1. The molecule has 0 unspecified atom stereocenters. The van der Waals surface area contributed by atoms with Crippen molar-refractivity contribution in [2.24, 2.45) is 4.99 Å². The molecule has 6 nitrogen and oxygen atoms in total. The van der Waals surface area contributed by atoms with Crippen LogP contribution in [0.15, 0.2) is 65.9 Å². The van der Waals surface area contributed by atoms with Crippen LogP contribution >= 0.6 is 0 Å². The van der Waals surface area contributed by atoms with Crippen LogP contribution in [0, 0.1) is 17.5 Å². The number of hydrogen-bond donors (Lipinski definition) is 4. The average Bonchev–Trinajstić information content (AvgIpc) is 3.23. The lowest BCUT2D eigenvalue weighted by Gasteiger charge is -2.34. The minimum atomic E-state index is -1.12. The summed E-state index contributed by atoms with van der Waals surface area (Å²) in [6, 6.07) is 10.6. The van der Waals surface area contributed by atoms with Crippen LogP contribution in [-0.2, 0) is 0 Å². The number of nitrogens with one attached hydrogen (secondary N) is 4. The largest absolute Gasteiger partial charge is 0.381 e. The summed E-state index contributed by atoms with van der Waals surface area (Å²) in [6.45, 7) is 0. The molecule has 0 aliphatic heterocycles. The fraction of sp³-hybridized carbons (Fsp3) is 0.182. The van der Waals surface area contributed by atoms with Crippen molar-refractivity contribution in [1.29, 1.82) is 0 Å². The second kappa shape index (κ2) is 8.95. The van der Waals surface area contributed by atoms with Gasteiger partial charge in [0.2, 0.25) is 5.96 Å². The molecule has 1 amide bonds. The second-order valence-electron chi connectivity index (χ2n) is 7.26. The van der Waals surface area contributed by atoms with Gasteiger partial charge in [0.1, 0.15) is 5.82 Å². The van der Waals surface area contributed by atoms with E-state index in [1.54, 1.807) is 0 Å². The van der Waals surface area contributed by atoms with Crippen molar-refractivity contribution in [3.05, 3.63) is 83.9 Å². The Kier molecular flexibility index (Phi) is 5.92. The Morgan fingerprint density at radius 1 is 0.968 bits per heavy atom. The molecule has 4 rings (SSSR count). The van der Waals surface area contributed by atoms with Crippen LogP contribution in [0.25, 0.3) is 0 Å². The molecular formula is C22H20F3N5O. The lowest BCUT2D eigenvalue weighted by Crippen LogP contribution is -2.42. The summed E-state index contributed by atoms with van der Waals surface area (Å²) in [6.07, 6.45) is 5.19. The zero-order valence-electron chi connectivity index (χ0n) is 16.3. The van der Waals surface area contributed by atoms with E-state index in [0.29, 0.717) is 5.69 Å². The zero-order chi connectivity index (χ0) is 21.8. The third-order valence-electron chi connectivity index (χ3n) is 4.91. The van der Waals surface area contributed by atoms with Crippen LogP contribution in [0.5, 0.6) is 0 Å². The highest BCUT2D eigenvalue weighted by Crippen LogP contribution is 2.27. The highest BCUT2D eigenvalue weighted by atomic mass is 19.2. The van der Waals surface area contributed by atoms with Crippen molar-refractivity contribution in [3.8, 4) is 0 Å². The van der Waals surface area contributed by atoms with Gasteiger partial charge in [0, 0.05) is 29.7 Å². The molecule has 0 bridgehead atoms. The van der Waals surface area contributed by atoms with E-state index in [4.69, 9.17) is 0 Å². The van der Waals surface area contributed by atoms with Gasteiger partial charge in [-0.15, -0.1) is 0 Å². The van der Waals surface area contributed by atoms with E-state index in [1.165, 1.54) is 30.3 Å². The number of H-pyrrole nitrogens is 1. The summed E-state index contributed by atoms with van der Waals surface area (Å²) in [5.74, 6) is -3.05. The number of amides is 1. The van der Waals surface area contributed by atoms with Crippen molar-refractivity contribution < 1.29 is 18.0 Å². The first-order valence-corrected chi connectivity index (χ1v) is 9.72. The maximum absolute atomic E-state index is 13.5. The van der Waals surface area contributed by atoms with Crippen molar-refractivity contribution >= 4 is 23.2 Å². The predicted octanol–water partition coefficient (Wildman–Crippen LogP) is 4.27. The molecule has 0 atom stereocenters. The average molecular weight is 427 g/mol. The molecule has 4 N–H and O–H groups in total. The summed E-state index contributed by atoms with van der Waals surface area (Å²) in [7, 11) is 0. The van der Waals surface area contributed by atoms with Gasteiger partial charge < -0.3 is 15.6 Å². The molecule has 1 aliphatic rings. The van der Waals surface area contributed by atoms with Gasteiger partial charge in [-0.05, 0) is 61.4 Å². The van der Waals surface area contributed by atoms with Gasteiger partial charge in [0.15, 0.2) is 11.6 Å². The number of rotatable bonds is 5. The Morgan fingerprint density at radius 3 is 2.42 bits per heavy atom. The van der Waals surface area contributed by atoms with E-state index in [2.05, 4.69) is 25.9 Å². The van der Waals surface area contributed by atoms with Crippen LogP contribution in [0.2, 0.25) is 0 Å². The third kappa shape index (κ3) is 5.25. The van der Waals surface area contributed by atoms with Gasteiger partial charge in [-0.25, -0.2) is 18.2 Å². The monoisotopic (exact) mass is 427 g/mol. The Morgan fingerprint density at radius 2 is 1.74 bits per heavy atom. The Labute approximate surface area is 176 Å². The Balaban J connectivity index is 1.46. The molecule has 0 saturated heterocycles. The summed E-state index contributed by atoms with van der Waals surface area (Å²) in [5.41, 5.74) is 1.46. The summed E-state index contributed by atoms with van der Waals surface area (Å²) in [5, 5.41) is 8.91. The van der Waals surface area contributed by atoms with Crippen molar-refractivity contribution in [3.63, 3.8) is 0 Å². The molecule has 3 aromatic rings. The first-order chi connectivity index (χ1) is 15.0. The van der Waals surface area contributed by atoms with Gasteiger partial charge in [-0.2, -0.15) is 0 Å². The lowest BCUT2D eigenvalue weighted by molar-refractivity contribution is 0.0976. The molecule has 2 aromatic carbocycles. The second-order valence-corrected chi connectivity index (χ2v) is 7.26. The number of guanidine groups is 1. The van der Waals surface area contributed by atoms with E-state index in [9.17, 15) is 18.0 Å².